The van der Waals surface area contributed by atoms with Crippen LogP contribution < -0.4 is 5.32 Å². The van der Waals surface area contributed by atoms with E-state index in [0.717, 1.165) is 12.8 Å². The predicted molar refractivity (Wildman–Crippen MR) is 97.5 cm³/mol. The number of benzene rings is 1. The number of nitrogens with zero attached hydrogens (tertiary/aromatic N) is 2. The van der Waals surface area contributed by atoms with E-state index in [9.17, 15) is 9.59 Å². The molecule has 26 heavy (non-hydrogen) atoms. The molecule has 2 atom stereocenters. The smallest absolute Gasteiger partial charge is 0.253 e. The summed E-state index contributed by atoms with van der Waals surface area (Å²) >= 11 is 0. The minimum atomic E-state index is -0.626. The zero-order valence-corrected chi connectivity index (χ0v) is 15.5. The van der Waals surface area contributed by atoms with Crippen LogP contribution in [0.3, 0.4) is 0 Å². The molecular weight excluding hydrogens is 330 g/mol. The van der Waals surface area contributed by atoms with Gasteiger partial charge >= 0.3 is 0 Å². The molecule has 138 valence electrons. The highest BCUT2D eigenvalue weighted by Gasteiger charge is 2.40. The summed E-state index contributed by atoms with van der Waals surface area (Å²) in [4.78, 5) is 31.6. The first-order valence-corrected chi connectivity index (χ1v) is 8.97. The lowest BCUT2D eigenvalue weighted by Gasteiger charge is -2.39. The Labute approximate surface area is 153 Å². The molecule has 1 N–H and O–H groups in total. The number of likely N-dealkylation sites (tertiary alicyclic amines) is 1. The summed E-state index contributed by atoms with van der Waals surface area (Å²) in [7, 11) is 0. The molecule has 0 radical (unpaired) electrons. The molecule has 1 aliphatic rings. The van der Waals surface area contributed by atoms with Gasteiger partial charge in [0.05, 0.1) is 11.6 Å². The summed E-state index contributed by atoms with van der Waals surface area (Å²) < 4.78 is 5.49. The first kappa shape index (κ1) is 18.2. The molecular formula is C20H25N3O3. The molecule has 1 saturated heterocycles. The largest absolute Gasteiger partial charge is 0.444 e. The zero-order chi connectivity index (χ0) is 18.7. The highest BCUT2D eigenvalue weighted by molar-refractivity contribution is 5.95. The van der Waals surface area contributed by atoms with Crippen LogP contribution in [-0.2, 0) is 4.79 Å². The molecule has 0 bridgehead atoms. The molecule has 0 saturated carbocycles. The van der Waals surface area contributed by atoms with Crippen LogP contribution in [0.1, 0.15) is 54.7 Å². The normalized spacial score (nSPS) is 21.3. The monoisotopic (exact) mass is 355 g/mol. The SMILES string of the molecule is Cc1cnc(C(C)NC(=O)C2(C)CCCN(C(=O)c3ccccc3)C2)o1. The third kappa shape index (κ3) is 3.79. The average Bonchev–Trinajstić information content (AvgIpc) is 3.08. The standard InChI is InChI=1S/C20H25N3O3/c1-14-12-21-17(26-14)15(2)22-19(25)20(3)10-7-11-23(13-20)18(24)16-8-5-4-6-9-16/h4-6,8-9,12,15H,7,10-11,13H2,1-3H3,(H,22,25). The van der Waals surface area contributed by atoms with Gasteiger partial charge in [-0.3, -0.25) is 9.59 Å². The molecule has 6 nitrogen and oxygen atoms in total. The van der Waals surface area contributed by atoms with Crippen LogP contribution in [0.25, 0.3) is 0 Å². The Morgan fingerprint density at radius 3 is 2.69 bits per heavy atom. The highest BCUT2D eigenvalue weighted by atomic mass is 16.4. The third-order valence-corrected chi connectivity index (χ3v) is 4.91. The van der Waals surface area contributed by atoms with Crippen LogP contribution in [0, 0.1) is 12.3 Å². The van der Waals surface area contributed by atoms with E-state index in [1.165, 1.54) is 0 Å². The van der Waals surface area contributed by atoms with Gasteiger partial charge < -0.3 is 14.6 Å². The first-order valence-electron chi connectivity index (χ1n) is 8.97. The van der Waals surface area contributed by atoms with Gasteiger partial charge in [0.25, 0.3) is 5.91 Å². The second-order valence-electron chi connectivity index (χ2n) is 7.26. The molecule has 2 amide bonds. The molecule has 1 aromatic heterocycles. The van der Waals surface area contributed by atoms with Gasteiger partial charge in [0.2, 0.25) is 11.8 Å². The van der Waals surface area contributed by atoms with Crippen molar-refractivity contribution in [1.82, 2.24) is 15.2 Å². The summed E-state index contributed by atoms with van der Waals surface area (Å²) in [6.07, 6.45) is 3.18. The van der Waals surface area contributed by atoms with Crippen LogP contribution in [0.15, 0.2) is 40.9 Å². The van der Waals surface area contributed by atoms with E-state index in [4.69, 9.17) is 4.42 Å². The van der Waals surface area contributed by atoms with E-state index in [0.29, 0.717) is 30.3 Å². The number of oxazole rings is 1. The second-order valence-corrected chi connectivity index (χ2v) is 7.26. The van der Waals surface area contributed by atoms with Gasteiger partial charge in [0.1, 0.15) is 11.8 Å². The minimum absolute atomic E-state index is 0.0271. The van der Waals surface area contributed by atoms with Crippen molar-refractivity contribution in [2.24, 2.45) is 5.41 Å². The number of hydrogen-bond donors (Lipinski definition) is 1. The fraction of sp³-hybridized carbons (Fsp3) is 0.450. The predicted octanol–water partition coefficient (Wildman–Crippen LogP) is 3.10. The average molecular weight is 355 g/mol. The summed E-state index contributed by atoms with van der Waals surface area (Å²) in [5.41, 5.74) is 0.0271. The van der Waals surface area contributed by atoms with Gasteiger partial charge in [-0.05, 0) is 45.7 Å². The van der Waals surface area contributed by atoms with Gasteiger partial charge in [-0.1, -0.05) is 18.2 Å². The van der Waals surface area contributed by atoms with Gasteiger partial charge in [0, 0.05) is 18.7 Å². The Bertz CT molecular complexity index is 787. The molecule has 1 aromatic carbocycles. The number of carbonyl (C=O) groups is 2. The fourth-order valence-corrected chi connectivity index (χ4v) is 3.37. The minimum Gasteiger partial charge on any atom is -0.444 e. The Hall–Kier alpha value is -2.63. The number of carbonyl (C=O) groups excluding carboxylic acids is 2. The Balaban J connectivity index is 1.68. The lowest BCUT2D eigenvalue weighted by molar-refractivity contribution is -0.133. The van der Waals surface area contributed by atoms with Crippen molar-refractivity contribution in [3.8, 4) is 0 Å². The van der Waals surface area contributed by atoms with Crippen LogP contribution in [0.2, 0.25) is 0 Å². The van der Waals surface area contributed by atoms with Crippen molar-refractivity contribution in [3.63, 3.8) is 0 Å². The lowest BCUT2D eigenvalue weighted by atomic mass is 9.80. The zero-order valence-electron chi connectivity index (χ0n) is 15.5. The topological polar surface area (TPSA) is 75.4 Å². The summed E-state index contributed by atoms with van der Waals surface area (Å²) in [6.45, 7) is 6.66. The van der Waals surface area contributed by atoms with E-state index in [1.54, 1.807) is 23.2 Å². The van der Waals surface area contributed by atoms with Crippen LogP contribution in [-0.4, -0.2) is 34.8 Å². The maximum Gasteiger partial charge on any atom is 0.253 e. The van der Waals surface area contributed by atoms with E-state index >= 15 is 0 Å². The van der Waals surface area contributed by atoms with Crippen LogP contribution in [0.4, 0.5) is 0 Å². The molecule has 2 unspecified atom stereocenters. The maximum atomic E-state index is 12.9. The van der Waals surface area contributed by atoms with Gasteiger partial charge in [-0.2, -0.15) is 0 Å². The second kappa shape index (κ2) is 7.32. The van der Waals surface area contributed by atoms with Gasteiger partial charge in [-0.15, -0.1) is 0 Å². The van der Waals surface area contributed by atoms with Crippen molar-refractivity contribution in [1.29, 1.82) is 0 Å². The number of piperidine rings is 1. The van der Waals surface area contributed by atoms with Crippen molar-refractivity contribution in [2.45, 2.75) is 39.7 Å². The molecule has 1 fully saturated rings. The number of amides is 2. The van der Waals surface area contributed by atoms with E-state index in [2.05, 4.69) is 10.3 Å². The fourth-order valence-electron chi connectivity index (χ4n) is 3.37. The molecule has 0 aliphatic carbocycles. The van der Waals surface area contributed by atoms with Gasteiger partial charge in [-0.25, -0.2) is 4.98 Å². The highest BCUT2D eigenvalue weighted by Crippen LogP contribution is 2.31. The third-order valence-electron chi connectivity index (χ3n) is 4.91. The molecule has 3 rings (SSSR count). The first-order chi connectivity index (χ1) is 12.4. The van der Waals surface area contributed by atoms with Gasteiger partial charge in [0.15, 0.2) is 0 Å². The van der Waals surface area contributed by atoms with E-state index in [-0.39, 0.29) is 17.9 Å². The molecule has 6 heteroatoms. The number of aryl methyl sites for hydroxylation is 1. The Kier molecular flexibility index (Phi) is 5.11. The van der Waals surface area contributed by atoms with E-state index < -0.39 is 5.41 Å². The van der Waals surface area contributed by atoms with Crippen LogP contribution in [0.5, 0.6) is 0 Å². The molecule has 2 aromatic rings. The molecule has 1 aliphatic heterocycles. The summed E-state index contributed by atoms with van der Waals surface area (Å²) in [6, 6.07) is 8.89. The van der Waals surface area contributed by atoms with Crippen molar-refractivity contribution in [3.05, 3.63) is 53.7 Å². The van der Waals surface area contributed by atoms with Crippen molar-refractivity contribution >= 4 is 11.8 Å². The number of nitrogens with one attached hydrogen (secondary N) is 1. The molecule has 0 spiro atoms. The summed E-state index contributed by atoms with van der Waals surface area (Å²) in [5.74, 6) is 1.10. The maximum absolute atomic E-state index is 12.9. The van der Waals surface area contributed by atoms with E-state index in [1.807, 2.05) is 39.0 Å². The van der Waals surface area contributed by atoms with Crippen LogP contribution >= 0.6 is 0 Å². The Morgan fingerprint density at radius 2 is 2.04 bits per heavy atom. The van der Waals surface area contributed by atoms with Crippen molar-refractivity contribution < 1.29 is 14.0 Å². The number of aromatic nitrogens is 1. The number of hydrogen-bond acceptors (Lipinski definition) is 4. The Morgan fingerprint density at radius 1 is 1.31 bits per heavy atom. The van der Waals surface area contributed by atoms with Crippen molar-refractivity contribution in [2.75, 3.05) is 13.1 Å². The quantitative estimate of drug-likeness (QED) is 0.914. The number of rotatable bonds is 4. The lowest BCUT2D eigenvalue weighted by Crippen LogP contribution is -2.52. The molecule has 2 heterocycles. The summed E-state index contributed by atoms with van der Waals surface area (Å²) in [5, 5.41) is 2.99.